The Kier molecular flexibility index (Phi) is 1.98. The van der Waals surface area contributed by atoms with Gasteiger partial charge in [-0.3, -0.25) is 0 Å². The molecule has 0 saturated heterocycles. The van der Waals surface area contributed by atoms with E-state index in [0.717, 1.165) is 10.2 Å². The summed E-state index contributed by atoms with van der Waals surface area (Å²) in [5, 5.41) is 0. The van der Waals surface area contributed by atoms with Crippen LogP contribution in [0.4, 0.5) is 0 Å². The topological polar surface area (TPSA) is 39.2 Å². The van der Waals surface area contributed by atoms with E-state index in [9.17, 15) is 4.79 Å². The van der Waals surface area contributed by atoms with Crippen LogP contribution in [0.5, 0.6) is 0 Å². The first-order chi connectivity index (χ1) is 6.31. The molecule has 2 rings (SSSR count). The summed E-state index contributed by atoms with van der Waals surface area (Å²) in [5.74, 6) is -0.355. The number of esters is 1. The molecular formula is C9H6NO2S. The number of carbonyl (C=O) groups is 1. The van der Waals surface area contributed by atoms with E-state index in [0.29, 0.717) is 5.56 Å². The fourth-order valence-corrected chi connectivity index (χ4v) is 1.66. The second-order valence-electron chi connectivity index (χ2n) is 2.45. The first kappa shape index (κ1) is 8.19. The van der Waals surface area contributed by atoms with Gasteiger partial charge in [0.05, 0.1) is 28.4 Å². The second-order valence-corrected chi connectivity index (χ2v) is 3.30. The van der Waals surface area contributed by atoms with Gasteiger partial charge in [0.1, 0.15) is 0 Å². The van der Waals surface area contributed by atoms with Crippen molar-refractivity contribution in [2.75, 3.05) is 7.11 Å². The molecule has 2 aromatic rings. The highest BCUT2D eigenvalue weighted by Crippen LogP contribution is 2.18. The maximum Gasteiger partial charge on any atom is 0.337 e. The molecule has 1 heterocycles. The standard InChI is InChI=1S/C9H6NO2S/c1-12-9(11)6-2-3-8-7(4-6)10-5-13-8/h2,4-5H,1H3. The van der Waals surface area contributed by atoms with Gasteiger partial charge in [-0.05, 0) is 12.1 Å². The normalized spacial score (nSPS) is 10.2. The van der Waals surface area contributed by atoms with Gasteiger partial charge >= 0.3 is 5.97 Å². The monoisotopic (exact) mass is 192 g/mol. The fourth-order valence-electron chi connectivity index (χ4n) is 1.03. The van der Waals surface area contributed by atoms with Crippen LogP contribution < -0.4 is 0 Å². The Hall–Kier alpha value is -1.42. The van der Waals surface area contributed by atoms with Crippen molar-refractivity contribution >= 4 is 27.5 Å². The first-order valence-electron chi connectivity index (χ1n) is 3.64. The predicted molar refractivity (Wildman–Crippen MR) is 49.8 cm³/mol. The molecule has 4 heteroatoms. The SMILES string of the molecule is COC(=O)c1c[c]c2scnc2c1. The van der Waals surface area contributed by atoms with Gasteiger partial charge in [-0.2, -0.15) is 0 Å². The third-order valence-electron chi connectivity index (χ3n) is 1.67. The largest absolute Gasteiger partial charge is 0.465 e. The Morgan fingerprint density at radius 3 is 3.31 bits per heavy atom. The third kappa shape index (κ3) is 1.40. The molecule has 0 aliphatic heterocycles. The lowest BCUT2D eigenvalue weighted by atomic mass is 10.2. The number of thiazole rings is 1. The number of ether oxygens (including phenoxy) is 1. The number of rotatable bonds is 1. The molecule has 0 aliphatic carbocycles. The van der Waals surface area contributed by atoms with Gasteiger partial charge in [0.25, 0.3) is 0 Å². The molecule has 0 spiro atoms. The number of hydrogen-bond donors (Lipinski definition) is 0. The summed E-state index contributed by atoms with van der Waals surface area (Å²) in [6.07, 6.45) is 0. The Balaban J connectivity index is 2.54. The minimum atomic E-state index is -0.355. The number of fused-ring (bicyclic) bond motifs is 1. The summed E-state index contributed by atoms with van der Waals surface area (Å²) in [5.41, 5.74) is 3.00. The second kappa shape index (κ2) is 3.14. The average molecular weight is 192 g/mol. The van der Waals surface area contributed by atoms with Crippen LogP contribution in [0.2, 0.25) is 0 Å². The van der Waals surface area contributed by atoms with E-state index in [-0.39, 0.29) is 5.97 Å². The molecular weight excluding hydrogens is 186 g/mol. The van der Waals surface area contributed by atoms with Crippen LogP contribution in [0.15, 0.2) is 17.6 Å². The molecule has 1 aromatic carbocycles. The van der Waals surface area contributed by atoms with E-state index in [4.69, 9.17) is 0 Å². The summed E-state index contributed by atoms with van der Waals surface area (Å²) in [7, 11) is 1.35. The van der Waals surface area contributed by atoms with Crippen LogP contribution in [-0.2, 0) is 4.74 Å². The van der Waals surface area contributed by atoms with Crippen LogP contribution in [0.3, 0.4) is 0 Å². The van der Waals surface area contributed by atoms with E-state index >= 15 is 0 Å². The Morgan fingerprint density at radius 2 is 2.54 bits per heavy atom. The zero-order chi connectivity index (χ0) is 9.26. The van der Waals surface area contributed by atoms with Gasteiger partial charge in [-0.15, -0.1) is 11.3 Å². The van der Waals surface area contributed by atoms with Crippen LogP contribution in [0.1, 0.15) is 10.4 Å². The van der Waals surface area contributed by atoms with E-state index in [1.165, 1.54) is 18.4 Å². The summed E-state index contributed by atoms with van der Waals surface area (Å²) < 4.78 is 5.53. The van der Waals surface area contributed by atoms with Crippen molar-refractivity contribution < 1.29 is 9.53 Å². The zero-order valence-corrected chi connectivity index (χ0v) is 7.72. The number of carbonyl (C=O) groups excluding carboxylic acids is 1. The van der Waals surface area contributed by atoms with Gasteiger partial charge in [0, 0.05) is 6.07 Å². The smallest absolute Gasteiger partial charge is 0.337 e. The molecule has 1 radical (unpaired) electrons. The third-order valence-corrected chi connectivity index (χ3v) is 2.44. The van der Waals surface area contributed by atoms with Crippen LogP contribution in [0.25, 0.3) is 10.2 Å². The van der Waals surface area contributed by atoms with Gasteiger partial charge in [0.15, 0.2) is 0 Å². The minimum Gasteiger partial charge on any atom is -0.465 e. The zero-order valence-electron chi connectivity index (χ0n) is 6.90. The van der Waals surface area contributed by atoms with E-state index in [2.05, 4.69) is 15.8 Å². The Labute approximate surface area is 79.0 Å². The average Bonchev–Trinajstić information content (AvgIpc) is 2.63. The van der Waals surface area contributed by atoms with Crippen LogP contribution in [-0.4, -0.2) is 18.1 Å². The molecule has 13 heavy (non-hydrogen) atoms. The lowest BCUT2D eigenvalue weighted by molar-refractivity contribution is 0.0601. The van der Waals surface area contributed by atoms with Gasteiger partial charge in [-0.25, -0.2) is 9.78 Å². The maximum absolute atomic E-state index is 11.1. The molecule has 1 aromatic heterocycles. The predicted octanol–water partition coefficient (Wildman–Crippen LogP) is 1.88. The van der Waals surface area contributed by atoms with Crippen molar-refractivity contribution in [3.8, 4) is 0 Å². The van der Waals surface area contributed by atoms with Gasteiger partial charge in [0.2, 0.25) is 0 Å². The number of aromatic nitrogens is 1. The van der Waals surface area contributed by atoms with Crippen molar-refractivity contribution in [2.24, 2.45) is 0 Å². The molecule has 0 fully saturated rings. The molecule has 0 N–H and O–H groups in total. The highest BCUT2D eigenvalue weighted by atomic mass is 32.1. The molecule has 65 valence electrons. The van der Waals surface area contributed by atoms with E-state index in [1.54, 1.807) is 17.6 Å². The number of benzene rings is 1. The van der Waals surface area contributed by atoms with E-state index < -0.39 is 0 Å². The highest BCUT2D eigenvalue weighted by Gasteiger charge is 2.06. The van der Waals surface area contributed by atoms with Crippen LogP contribution >= 0.6 is 11.3 Å². The van der Waals surface area contributed by atoms with Crippen molar-refractivity contribution in [1.82, 2.24) is 4.98 Å². The van der Waals surface area contributed by atoms with E-state index in [1.807, 2.05) is 0 Å². The molecule has 0 unspecified atom stereocenters. The lowest BCUT2D eigenvalue weighted by Gasteiger charge is -1.96. The van der Waals surface area contributed by atoms with Crippen molar-refractivity contribution in [3.05, 3.63) is 29.3 Å². The molecule has 0 aliphatic rings. The Bertz CT molecular complexity index is 450. The van der Waals surface area contributed by atoms with Crippen molar-refractivity contribution in [2.45, 2.75) is 0 Å². The maximum atomic E-state index is 11.1. The van der Waals surface area contributed by atoms with Gasteiger partial charge in [-0.1, -0.05) is 0 Å². The molecule has 0 amide bonds. The fraction of sp³-hybridized carbons (Fsp3) is 0.111. The number of methoxy groups -OCH3 is 1. The summed E-state index contributed by atoms with van der Waals surface area (Å²) in [6.45, 7) is 0. The first-order valence-corrected chi connectivity index (χ1v) is 4.52. The summed E-state index contributed by atoms with van der Waals surface area (Å²) in [4.78, 5) is 15.2. The Morgan fingerprint density at radius 1 is 1.69 bits per heavy atom. The molecule has 0 atom stereocenters. The number of nitrogens with zero attached hydrogens (tertiary/aromatic N) is 1. The van der Waals surface area contributed by atoms with Crippen LogP contribution in [0, 0.1) is 6.07 Å². The summed E-state index contributed by atoms with van der Waals surface area (Å²) in [6, 6.07) is 6.29. The summed E-state index contributed by atoms with van der Waals surface area (Å²) >= 11 is 1.50. The highest BCUT2D eigenvalue weighted by molar-refractivity contribution is 7.16. The minimum absolute atomic E-state index is 0.355. The van der Waals surface area contributed by atoms with Gasteiger partial charge < -0.3 is 4.74 Å². The molecule has 3 nitrogen and oxygen atoms in total. The molecule has 0 bridgehead atoms. The quantitative estimate of drug-likeness (QED) is 0.647. The van der Waals surface area contributed by atoms with Crippen molar-refractivity contribution in [3.63, 3.8) is 0 Å². The molecule has 0 saturated carbocycles. The number of hydrogen-bond acceptors (Lipinski definition) is 4. The van der Waals surface area contributed by atoms with Crippen molar-refractivity contribution in [1.29, 1.82) is 0 Å². The lowest BCUT2D eigenvalue weighted by Crippen LogP contribution is -2.00.